The Labute approximate surface area is 135 Å². The van der Waals surface area contributed by atoms with Crippen LogP contribution in [-0.4, -0.2) is 0 Å². The lowest BCUT2D eigenvalue weighted by atomic mass is 10.0. The zero-order chi connectivity index (χ0) is 14.5. The van der Waals surface area contributed by atoms with Crippen LogP contribution >= 0.6 is 27.5 Å². The van der Waals surface area contributed by atoms with E-state index < -0.39 is 0 Å². The van der Waals surface area contributed by atoms with Crippen LogP contribution in [0.3, 0.4) is 0 Å². The van der Waals surface area contributed by atoms with E-state index in [2.05, 4.69) is 59.3 Å². The number of aryl methyl sites for hydroxylation is 2. The van der Waals surface area contributed by atoms with Crippen LogP contribution in [0.5, 0.6) is 0 Å². The number of rotatable bonds is 5. The minimum atomic E-state index is 0.221. The van der Waals surface area contributed by atoms with Crippen molar-refractivity contribution in [3.63, 3.8) is 0 Å². The second-order valence-corrected chi connectivity index (χ2v) is 6.54. The smallest absolute Gasteiger partial charge is 0.0644 e. The summed E-state index contributed by atoms with van der Waals surface area (Å²) in [6, 6.07) is 15.1. The van der Waals surface area contributed by atoms with Gasteiger partial charge < -0.3 is 0 Å². The lowest BCUT2D eigenvalue weighted by molar-refractivity contribution is 0.795. The average Bonchev–Trinajstić information content (AvgIpc) is 2.48. The molecule has 0 nitrogen and oxygen atoms in total. The van der Waals surface area contributed by atoms with E-state index in [0.29, 0.717) is 0 Å². The number of halogens is 2. The largest absolute Gasteiger partial charge is 0.0841 e. The third-order valence-electron chi connectivity index (χ3n) is 3.57. The van der Waals surface area contributed by atoms with Gasteiger partial charge in [-0.3, -0.25) is 0 Å². The molecule has 106 valence electrons. The summed E-state index contributed by atoms with van der Waals surface area (Å²) in [5.41, 5.74) is 5.07. The molecule has 2 aromatic carbocycles. The molecule has 0 bridgehead atoms. The van der Waals surface area contributed by atoms with Gasteiger partial charge in [0.25, 0.3) is 0 Å². The first-order chi connectivity index (χ1) is 9.61. The maximum atomic E-state index is 6.09. The summed E-state index contributed by atoms with van der Waals surface area (Å²) in [6.07, 6.45) is 3.67. The van der Waals surface area contributed by atoms with Crippen molar-refractivity contribution < 1.29 is 0 Å². The fourth-order valence-electron chi connectivity index (χ4n) is 2.25. The minimum Gasteiger partial charge on any atom is -0.0841 e. The standard InChI is InChI=1S/C18H20BrCl/c1-3-4-5-14-6-8-15(9-7-14)18(19)16-10-11-17(20)13(2)12-16/h6-12,18H,3-5H2,1-2H3. The van der Waals surface area contributed by atoms with Crippen molar-refractivity contribution in [2.45, 2.75) is 37.9 Å². The quantitative estimate of drug-likeness (QED) is 0.541. The van der Waals surface area contributed by atoms with Gasteiger partial charge in [0.1, 0.15) is 0 Å². The molecular formula is C18H20BrCl. The highest BCUT2D eigenvalue weighted by Gasteiger charge is 2.11. The van der Waals surface area contributed by atoms with E-state index in [4.69, 9.17) is 11.6 Å². The molecule has 0 spiro atoms. The Kier molecular flexibility index (Phi) is 5.68. The molecule has 0 amide bonds. The van der Waals surface area contributed by atoms with Gasteiger partial charge in [-0.1, -0.05) is 77.3 Å². The molecule has 20 heavy (non-hydrogen) atoms. The second-order valence-electron chi connectivity index (χ2n) is 5.22. The topological polar surface area (TPSA) is 0 Å². The summed E-state index contributed by atoms with van der Waals surface area (Å²) in [5.74, 6) is 0. The molecule has 0 fully saturated rings. The summed E-state index contributed by atoms with van der Waals surface area (Å²) in [6.45, 7) is 4.27. The van der Waals surface area contributed by atoms with Gasteiger partial charge in [0.05, 0.1) is 4.83 Å². The van der Waals surface area contributed by atoms with E-state index in [-0.39, 0.29) is 4.83 Å². The van der Waals surface area contributed by atoms with Crippen LogP contribution in [0, 0.1) is 6.92 Å². The predicted molar refractivity (Wildman–Crippen MR) is 92.0 cm³/mol. The van der Waals surface area contributed by atoms with E-state index in [1.807, 2.05) is 13.0 Å². The Morgan fingerprint density at radius 3 is 2.30 bits per heavy atom. The molecule has 2 aromatic rings. The Hall–Kier alpha value is -0.790. The summed E-state index contributed by atoms with van der Waals surface area (Å²) in [7, 11) is 0. The van der Waals surface area contributed by atoms with Gasteiger partial charge in [0, 0.05) is 5.02 Å². The summed E-state index contributed by atoms with van der Waals surface area (Å²) < 4.78 is 0. The number of alkyl halides is 1. The number of hydrogen-bond donors (Lipinski definition) is 0. The highest BCUT2D eigenvalue weighted by atomic mass is 79.9. The fourth-order valence-corrected chi connectivity index (χ4v) is 2.96. The van der Waals surface area contributed by atoms with Gasteiger partial charge >= 0.3 is 0 Å². The molecule has 0 aliphatic heterocycles. The molecule has 0 aromatic heterocycles. The van der Waals surface area contributed by atoms with E-state index in [0.717, 1.165) is 10.6 Å². The second kappa shape index (κ2) is 7.28. The first-order valence-electron chi connectivity index (χ1n) is 7.10. The first-order valence-corrected chi connectivity index (χ1v) is 8.40. The molecule has 2 rings (SSSR count). The summed E-state index contributed by atoms with van der Waals surface area (Å²) in [4.78, 5) is 0.221. The van der Waals surface area contributed by atoms with Crippen molar-refractivity contribution in [1.29, 1.82) is 0 Å². The van der Waals surface area contributed by atoms with Crippen LogP contribution < -0.4 is 0 Å². The molecule has 0 saturated carbocycles. The molecule has 0 aliphatic carbocycles. The normalized spacial score (nSPS) is 12.4. The molecule has 2 heteroatoms. The van der Waals surface area contributed by atoms with Crippen LogP contribution in [0.15, 0.2) is 42.5 Å². The van der Waals surface area contributed by atoms with Crippen LogP contribution in [0.4, 0.5) is 0 Å². The summed E-state index contributed by atoms with van der Waals surface area (Å²) >= 11 is 9.87. The van der Waals surface area contributed by atoms with Gasteiger partial charge in [-0.15, -0.1) is 0 Å². The van der Waals surface area contributed by atoms with Gasteiger partial charge in [-0.2, -0.15) is 0 Å². The molecule has 1 atom stereocenters. The molecule has 0 N–H and O–H groups in total. The lowest BCUT2D eigenvalue weighted by Crippen LogP contribution is -1.94. The van der Waals surface area contributed by atoms with Gasteiger partial charge in [0.15, 0.2) is 0 Å². The molecule has 0 aliphatic rings. The number of benzene rings is 2. The average molecular weight is 352 g/mol. The molecule has 0 radical (unpaired) electrons. The Morgan fingerprint density at radius 1 is 1.05 bits per heavy atom. The first kappa shape index (κ1) is 15.6. The minimum absolute atomic E-state index is 0.221. The Morgan fingerprint density at radius 2 is 1.70 bits per heavy atom. The summed E-state index contributed by atoms with van der Waals surface area (Å²) in [5, 5.41) is 0.823. The van der Waals surface area contributed by atoms with Crippen molar-refractivity contribution >= 4 is 27.5 Å². The highest BCUT2D eigenvalue weighted by Crippen LogP contribution is 2.32. The van der Waals surface area contributed by atoms with Crippen LogP contribution in [0.25, 0.3) is 0 Å². The zero-order valence-corrected chi connectivity index (χ0v) is 14.3. The molecule has 0 heterocycles. The van der Waals surface area contributed by atoms with E-state index in [9.17, 15) is 0 Å². The maximum absolute atomic E-state index is 6.09. The van der Waals surface area contributed by atoms with Crippen LogP contribution in [0.2, 0.25) is 5.02 Å². The number of unbranched alkanes of at least 4 members (excludes halogenated alkanes) is 1. The maximum Gasteiger partial charge on any atom is 0.0644 e. The molecular weight excluding hydrogens is 332 g/mol. The third-order valence-corrected chi connectivity index (χ3v) is 5.05. The van der Waals surface area contributed by atoms with E-state index >= 15 is 0 Å². The third kappa shape index (κ3) is 3.86. The van der Waals surface area contributed by atoms with Crippen molar-refractivity contribution in [2.24, 2.45) is 0 Å². The predicted octanol–water partition coefficient (Wildman–Crippen LogP) is 6.48. The fraction of sp³-hybridized carbons (Fsp3) is 0.333. The lowest BCUT2D eigenvalue weighted by Gasteiger charge is -2.13. The van der Waals surface area contributed by atoms with Crippen molar-refractivity contribution in [2.75, 3.05) is 0 Å². The van der Waals surface area contributed by atoms with Gasteiger partial charge in [-0.05, 0) is 48.1 Å². The number of hydrogen-bond acceptors (Lipinski definition) is 0. The van der Waals surface area contributed by atoms with Crippen molar-refractivity contribution in [3.05, 3.63) is 69.7 Å². The van der Waals surface area contributed by atoms with E-state index in [1.54, 1.807) is 0 Å². The Bertz CT molecular complexity index is 560. The molecule has 1 unspecified atom stereocenters. The van der Waals surface area contributed by atoms with Crippen LogP contribution in [0.1, 0.15) is 46.8 Å². The van der Waals surface area contributed by atoms with Gasteiger partial charge in [-0.25, -0.2) is 0 Å². The monoisotopic (exact) mass is 350 g/mol. The SMILES string of the molecule is CCCCc1ccc(C(Br)c2ccc(Cl)c(C)c2)cc1. The highest BCUT2D eigenvalue weighted by molar-refractivity contribution is 9.09. The Balaban J connectivity index is 2.15. The van der Waals surface area contributed by atoms with Gasteiger partial charge in [0.2, 0.25) is 0 Å². The van der Waals surface area contributed by atoms with Crippen molar-refractivity contribution in [1.82, 2.24) is 0 Å². The van der Waals surface area contributed by atoms with Crippen molar-refractivity contribution in [3.8, 4) is 0 Å². The molecule has 0 saturated heterocycles. The van der Waals surface area contributed by atoms with Crippen LogP contribution in [-0.2, 0) is 6.42 Å². The zero-order valence-electron chi connectivity index (χ0n) is 12.0. The van der Waals surface area contributed by atoms with E-state index in [1.165, 1.54) is 36.0 Å².